The highest BCUT2D eigenvalue weighted by molar-refractivity contribution is 5.97. The van der Waals surface area contributed by atoms with Crippen LogP contribution in [-0.4, -0.2) is 31.8 Å². The number of rotatable bonds is 3. The van der Waals surface area contributed by atoms with Gasteiger partial charge in [-0.25, -0.2) is 0 Å². The number of anilines is 1. The number of carbonyl (C=O) groups excluding carboxylic acids is 1. The summed E-state index contributed by atoms with van der Waals surface area (Å²) in [4.78, 5) is 12.2. The van der Waals surface area contributed by atoms with Crippen molar-refractivity contribution < 1.29 is 14.3 Å². The lowest BCUT2D eigenvalue weighted by molar-refractivity contribution is 0.0887. The number of nitrogens with one attached hydrogen (secondary N) is 1. The molecule has 1 saturated heterocycles. The molecule has 1 aliphatic heterocycles. The van der Waals surface area contributed by atoms with E-state index in [1.165, 1.54) is 7.11 Å². The highest BCUT2D eigenvalue weighted by atomic mass is 16.5. The standard InChI is InChI=1S/C13H18N2O3/c1-13(5-6-18-8-13)15-12(16)10-4-3-9(14)7-11(10)17-2/h3-4,7H,5-6,8,14H2,1-2H3,(H,15,16). The number of hydrogen-bond donors (Lipinski definition) is 2. The van der Waals surface area contributed by atoms with Crippen molar-refractivity contribution in [3.8, 4) is 5.75 Å². The third-order valence-corrected chi connectivity index (χ3v) is 3.10. The van der Waals surface area contributed by atoms with E-state index in [0.29, 0.717) is 30.2 Å². The maximum absolute atomic E-state index is 12.2. The van der Waals surface area contributed by atoms with Gasteiger partial charge < -0.3 is 20.5 Å². The smallest absolute Gasteiger partial charge is 0.255 e. The molecule has 1 fully saturated rings. The van der Waals surface area contributed by atoms with Gasteiger partial charge in [-0.1, -0.05) is 0 Å². The third-order valence-electron chi connectivity index (χ3n) is 3.10. The van der Waals surface area contributed by atoms with Crippen LogP contribution in [0.5, 0.6) is 5.75 Å². The second kappa shape index (κ2) is 4.86. The van der Waals surface area contributed by atoms with Gasteiger partial charge in [0.1, 0.15) is 5.75 Å². The molecule has 1 aromatic carbocycles. The summed E-state index contributed by atoms with van der Waals surface area (Å²) in [6.07, 6.45) is 0.816. The van der Waals surface area contributed by atoms with Gasteiger partial charge in [-0.2, -0.15) is 0 Å². The molecule has 1 atom stereocenters. The van der Waals surface area contributed by atoms with Crippen molar-refractivity contribution in [2.75, 3.05) is 26.1 Å². The van der Waals surface area contributed by atoms with E-state index in [9.17, 15) is 4.79 Å². The highest BCUT2D eigenvalue weighted by Gasteiger charge is 2.32. The first-order chi connectivity index (χ1) is 8.54. The fourth-order valence-corrected chi connectivity index (χ4v) is 2.00. The van der Waals surface area contributed by atoms with Crippen LogP contribution < -0.4 is 15.8 Å². The van der Waals surface area contributed by atoms with Crippen LogP contribution in [0.1, 0.15) is 23.7 Å². The fraction of sp³-hybridized carbons (Fsp3) is 0.462. The number of nitrogens with two attached hydrogens (primary N) is 1. The molecule has 0 aliphatic carbocycles. The van der Waals surface area contributed by atoms with Gasteiger partial charge in [0.2, 0.25) is 0 Å². The van der Waals surface area contributed by atoms with Gasteiger partial charge in [-0.05, 0) is 25.5 Å². The number of hydrogen-bond acceptors (Lipinski definition) is 4. The van der Waals surface area contributed by atoms with Crippen LogP contribution in [0.2, 0.25) is 0 Å². The van der Waals surface area contributed by atoms with Crippen LogP contribution >= 0.6 is 0 Å². The Kier molecular flexibility index (Phi) is 3.43. The predicted molar refractivity (Wildman–Crippen MR) is 68.7 cm³/mol. The van der Waals surface area contributed by atoms with Crippen LogP contribution in [0.3, 0.4) is 0 Å². The molecular formula is C13H18N2O3. The molecule has 1 aliphatic rings. The molecule has 1 aromatic rings. The number of benzene rings is 1. The molecule has 98 valence electrons. The molecule has 0 spiro atoms. The second-order valence-electron chi connectivity index (χ2n) is 4.78. The average molecular weight is 250 g/mol. The van der Waals surface area contributed by atoms with E-state index < -0.39 is 0 Å². The number of methoxy groups -OCH3 is 1. The molecule has 0 bridgehead atoms. The van der Waals surface area contributed by atoms with Crippen LogP contribution in [0.4, 0.5) is 5.69 Å². The van der Waals surface area contributed by atoms with Crippen molar-refractivity contribution in [2.24, 2.45) is 0 Å². The molecule has 2 rings (SSSR count). The summed E-state index contributed by atoms with van der Waals surface area (Å²) < 4.78 is 10.5. The monoisotopic (exact) mass is 250 g/mol. The summed E-state index contributed by atoms with van der Waals surface area (Å²) >= 11 is 0. The zero-order valence-electron chi connectivity index (χ0n) is 10.7. The maximum Gasteiger partial charge on any atom is 0.255 e. The zero-order valence-corrected chi connectivity index (χ0v) is 10.7. The molecule has 0 saturated carbocycles. The van der Waals surface area contributed by atoms with Gasteiger partial charge in [0, 0.05) is 18.4 Å². The van der Waals surface area contributed by atoms with E-state index in [0.717, 1.165) is 6.42 Å². The van der Waals surface area contributed by atoms with E-state index in [-0.39, 0.29) is 11.4 Å². The summed E-state index contributed by atoms with van der Waals surface area (Å²) in [5, 5.41) is 2.98. The van der Waals surface area contributed by atoms with E-state index in [2.05, 4.69) is 5.32 Å². The van der Waals surface area contributed by atoms with Crippen LogP contribution in [0.25, 0.3) is 0 Å². The normalized spacial score (nSPS) is 22.8. The number of nitrogen functional groups attached to an aromatic ring is 1. The summed E-state index contributed by atoms with van der Waals surface area (Å²) in [6.45, 7) is 3.19. The minimum atomic E-state index is -0.302. The fourth-order valence-electron chi connectivity index (χ4n) is 2.00. The molecule has 1 heterocycles. The van der Waals surface area contributed by atoms with Crippen molar-refractivity contribution >= 4 is 11.6 Å². The Balaban J connectivity index is 2.18. The maximum atomic E-state index is 12.2. The van der Waals surface area contributed by atoms with Gasteiger partial charge >= 0.3 is 0 Å². The first kappa shape index (κ1) is 12.7. The van der Waals surface area contributed by atoms with Crippen LogP contribution in [0, 0.1) is 0 Å². The van der Waals surface area contributed by atoms with Gasteiger partial charge in [0.25, 0.3) is 5.91 Å². The summed E-state index contributed by atoms with van der Waals surface area (Å²) in [5.74, 6) is 0.315. The lowest BCUT2D eigenvalue weighted by Crippen LogP contribution is -2.46. The third kappa shape index (κ3) is 2.56. The number of ether oxygens (including phenoxy) is 2. The molecular weight excluding hydrogens is 232 g/mol. The van der Waals surface area contributed by atoms with Crippen LogP contribution in [0.15, 0.2) is 18.2 Å². The number of amides is 1. The summed E-state index contributed by atoms with van der Waals surface area (Å²) in [7, 11) is 1.52. The van der Waals surface area contributed by atoms with Crippen molar-refractivity contribution in [1.29, 1.82) is 0 Å². The van der Waals surface area contributed by atoms with E-state index in [1.807, 2.05) is 6.92 Å². The Labute approximate surface area is 106 Å². The zero-order chi connectivity index (χ0) is 13.2. The molecule has 0 aromatic heterocycles. The molecule has 1 amide bonds. The topological polar surface area (TPSA) is 73.6 Å². The minimum Gasteiger partial charge on any atom is -0.496 e. The van der Waals surface area contributed by atoms with E-state index >= 15 is 0 Å². The van der Waals surface area contributed by atoms with Crippen molar-refractivity contribution in [3.05, 3.63) is 23.8 Å². The quantitative estimate of drug-likeness (QED) is 0.790. The highest BCUT2D eigenvalue weighted by Crippen LogP contribution is 2.24. The first-order valence-corrected chi connectivity index (χ1v) is 5.88. The average Bonchev–Trinajstić information content (AvgIpc) is 2.75. The Bertz CT molecular complexity index is 454. The van der Waals surface area contributed by atoms with E-state index in [1.54, 1.807) is 18.2 Å². The van der Waals surface area contributed by atoms with Gasteiger partial charge in [-0.3, -0.25) is 4.79 Å². The molecule has 1 unspecified atom stereocenters. The number of carbonyl (C=O) groups is 1. The Morgan fingerprint density at radius 2 is 2.33 bits per heavy atom. The largest absolute Gasteiger partial charge is 0.496 e. The Hall–Kier alpha value is -1.75. The van der Waals surface area contributed by atoms with Crippen molar-refractivity contribution in [1.82, 2.24) is 5.32 Å². The predicted octanol–water partition coefficient (Wildman–Crippen LogP) is 1.19. The Morgan fingerprint density at radius 1 is 1.56 bits per heavy atom. The first-order valence-electron chi connectivity index (χ1n) is 5.88. The molecule has 18 heavy (non-hydrogen) atoms. The van der Waals surface area contributed by atoms with Crippen molar-refractivity contribution in [3.63, 3.8) is 0 Å². The Morgan fingerprint density at radius 3 is 2.94 bits per heavy atom. The lowest BCUT2D eigenvalue weighted by atomic mass is 10.0. The molecule has 0 radical (unpaired) electrons. The SMILES string of the molecule is COc1cc(N)ccc1C(=O)NC1(C)CCOC1. The molecule has 3 N–H and O–H groups in total. The summed E-state index contributed by atoms with van der Waals surface area (Å²) in [5.41, 5.74) is 6.41. The van der Waals surface area contributed by atoms with E-state index in [4.69, 9.17) is 15.2 Å². The lowest BCUT2D eigenvalue weighted by Gasteiger charge is -2.24. The summed E-state index contributed by atoms with van der Waals surface area (Å²) in [6, 6.07) is 5.00. The molecule has 5 nitrogen and oxygen atoms in total. The second-order valence-corrected chi connectivity index (χ2v) is 4.78. The van der Waals surface area contributed by atoms with Crippen LogP contribution in [-0.2, 0) is 4.74 Å². The van der Waals surface area contributed by atoms with Gasteiger partial charge in [-0.15, -0.1) is 0 Å². The minimum absolute atomic E-state index is 0.167. The van der Waals surface area contributed by atoms with Gasteiger partial charge in [0.15, 0.2) is 0 Å². The molecule has 5 heteroatoms. The van der Waals surface area contributed by atoms with Crippen molar-refractivity contribution in [2.45, 2.75) is 18.9 Å². The van der Waals surface area contributed by atoms with Gasteiger partial charge in [0.05, 0.1) is 24.8 Å².